The third-order valence-corrected chi connectivity index (χ3v) is 8.00. The molecule has 3 N–H and O–H groups in total. The molecule has 5 heteroatoms. The fraction of sp³-hybridized carbons (Fsp3) is 0.619. The molecule has 0 unspecified atom stereocenters. The van der Waals surface area contributed by atoms with Crippen molar-refractivity contribution in [2.75, 3.05) is 38.7 Å². The summed E-state index contributed by atoms with van der Waals surface area (Å²) in [5, 5.41) is 25.2. The van der Waals surface area contributed by atoms with E-state index < -0.39 is 5.41 Å². The van der Waals surface area contributed by atoms with E-state index >= 15 is 0 Å². The standard InChI is InChI=1S/C21H28N2O3/c1-3-13-10-23-7-6-21-16-8-14(26-2)4-5-17(16)22-19(21)18(23)9-15(13)20(21,11-24)12-25/h3-5,8,15,18-19,22,24-25H,6-7,9-12H2,1-2H3/b13-3-/t15-,18-,19+,21+/m0/s1. The number of nitrogens with zero attached hydrogens (tertiary/aromatic N) is 1. The van der Waals surface area contributed by atoms with Gasteiger partial charge in [0.05, 0.1) is 26.4 Å². The Labute approximate surface area is 154 Å². The van der Waals surface area contributed by atoms with E-state index in [4.69, 9.17) is 4.74 Å². The van der Waals surface area contributed by atoms with Crippen LogP contribution in [-0.2, 0) is 5.41 Å². The van der Waals surface area contributed by atoms with Crippen molar-refractivity contribution in [2.24, 2.45) is 11.3 Å². The zero-order valence-electron chi connectivity index (χ0n) is 15.5. The molecule has 0 amide bonds. The van der Waals surface area contributed by atoms with Crippen molar-refractivity contribution in [3.05, 3.63) is 35.4 Å². The van der Waals surface area contributed by atoms with Gasteiger partial charge in [-0.15, -0.1) is 0 Å². The average molecular weight is 356 g/mol. The Morgan fingerprint density at radius 2 is 2.15 bits per heavy atom. The minimum absolute atomic E-state index is 0.00700. The first-order valence-electron chi connectivity index (χ1n) is 9.71. The highest BCUT2D eigenvalue weighted by Gasteiger charge is 2.71. The molecule has 1 aliphatic carbocycles. The first kappa shape index (κ1) is 16.6. The Morgan fingerprint density at radius 3 is 2.85 bits per heavy atom. The summed E-state index contributed by atoms with van der Waals surface area (Å²) >= 11 is 0. The van der Waals surface area contributed by atoms with Gasteiger partial charge < -0.3 is 20.3 Å². The maximum Gasteiger partial charge on any atom is 0.119 e. The van der Waals surface area contributed by atoms with Crippen molar-refractivity contribution in [3.8, 4) is 5.75 Å². The Morgan fingerprint density at radius 1 is 1.35 bits per heavy atom. The van der Waals surface area contributed by atoms with Gasteiger partial charge in [0.2, 0.25) is 0 Å². The van der Waals surface area contributed by atoms with Crippen molar-refractivity contribution in [2.45, 2.75) is 37.3 Å². The second kappa shape index (κ2) is 5.47. The molecular formula is C21H28N2O3. The first-order valence-corrected chi connectivity index (χ1v) is 9.71. The molecule has 0 aromatic heterocycles. The number of benzene rings is 1. The van der Waals surface area contributed by atoms with E-state index in [0.717, 1.165) is 37.4 Å². The monoisotopic (exact) mass is 356 g/mol. The van der Waals surface area contributed by atoms with E-state index in [0.29, 0.717) is 6.04 Å². The lowest BCUT2D eigenvalue weighted by Crippen LogP contribution is -2.76. The van der Waals surface area contributed by atoms with Crippen molar-refractivity contribution >= 4 is 5.69 Å². The van der Waals surface area contributed by atoms with Gasteiger partial charge in [-0.25, -0.2) is 0 Å². The second-order valence-electron chi connectivity index (χ2n) is 8.42. The van der Waals surface area contributed by atoms with Gasteiger partial charge in [-0.05, 0) is 56.0 Å². The highest BCUT2D eigenvalue weighted by atomic mass is 16.5. The number of hydrogen-bond acceptors (Lipinski definition) is 5. The van der Waals surface area contributed by atoms with E-state index in [1.165, 1.54) is 11.1 Å². The summed E-state index contributed by atoms with van der Waals surface area (Å²) in [5.41, 5.74) is 2.92. The Balaban J connectivity index is 1.79. The number of anilines is 1. The molecule has 2 saturated heterocycles. The third kappa shape index (κ3) is 1.68. The maximum absolute atomic E-state index is 10.7. The molecule has 1 aromatic carbocycles. The maximum atomic E-state index is 10.7. The molecule has 3 fully saturated rings. The Kier molecular flexibility index (Phi) is 3.49. The highest BCUT2D eigenvalue weighted by Crippen LogP contribution is 2.67. The Bertz CT molecular complexity index is 773. The molecule has 1 aromatic rings. The summed E-state index contributed by atoms with van der Waals surface area (Å²) in [6.45, 7) is 4.07. The molecule has 4 atom stereocenters. The van der Waals surface area contributed by atoms with E-state index in [1.54, 1.807) is 7.11 Å². The molecule has 5 nitrogen and oxygen atoms in total. The van der Waals surface area contributed by atoms with Crippen LogP contribution in [0.1, 0.15) is 25.3 Å². The van der Waals surface area contributed by atoms with E-state index in [9.17, 15) is 10.2 Å². The molecule has 3 bridgehead atoms. The lowest BCUT2D eigenvalue weighted by atomic mass is 9.43. The topological polar surface area (TPSA) is 65.0 Å². The number of ether oxygens (including phenoxy) is 1. The molecule has 26 heavy (non-hydrogen) atoms. The van der Waals surface area contributed by atoms with Crippen molar-refractivity contribution in [1.29, 1.82) is 0 Å². The minimum atomic E-state index is -0.548. The van der Waals surface area contributed by atoms with Crippen LogP contribution in [0.5, 0.6) is 5.75 Å². The second-order valence-corrected chi connectivity index (χ2v) is 8.42. The highest BCUT2D eigenvalue weighted by molar-refractivity contribution is 5.67. The minimum Gasteiger partial charge on any atom is -0.497 e. The van der Waals surface area contributed by atoms with Crippen LogP contribution in [0.4, 0.5) is 5.69 Å². The number of rotatable bonds is 3. The predicted molar refractivity (Wildman–Crippen MR) is 101 cm³/mol. The summed E-state index contributed by atoms with van der Waals surface area (Å²) in [6, 6.07) is 6.91. The van der Waals surface area contributed by atoms with Gasteiger partial charge in [0, 0.05) is 29.1 Å². The van der Waals surface area contributed by atoms with Crippen LogP contribution >= 0.6 is 0 Å². The average Bonchev–Trinajstić information content (AvgIpc) is 3.04. The van der Waals surface area contributed by atoms with Gasteiger partial charge in [0.15, 0.2) is 0 Å². The van der Waals surface area contributed by atoms with Crippen molar-refractivity contribution in [3.63, 3.8) is 0 Å². The number of fused-ring (bicyclic) bond motifs is 2. The molecule has 3 aliphatic heterocycles. The number of aliphatic hydroxyl groups excluding tert-OH is 2. The lowest BCUT2D eigenvalue weighted by Gasteiger charge is -2.67. The molecule has 1 saturated carbocycles. The van der Waals surface area contributed by atoms with Gasteiger partial charge >= 0.3 is 0 Å². The molecule has 140 valence electrons. The normalized spacial score (nSPS) is 38.0. The van der Waals surface area contributed by atoms with Crippen molar-refractivity contribution in [1.82, 2.24) is 4.90 Å². The number of piperidine rings is 2. The molecule has 3 heterocycles. The van der Waals surface area contributed by atoms with Crippen LogP contribution in [0.15, 0.2) is 29.8 Å². The third-order valence-electron chi connectivity index (χ3n) is 8.00. The first-order chi connectivity index (χ1) is 12.6. The number of methoxy groups -OCH3 is 1. The van der Waals surface area contributed by atoms with E-state index in [2.05, 4.69) is 35.3 Å². The molecular weight excluding hydrogens is 328 g/mol. The lowest BCUT2D eigenvalue weighted by molar-refractivity contribution is -0.144. The van der Waals surface area contributed by atoms with Crippen LogP contribution in [-0.4, -0.2) is 60.6 Å². The van der Waals surface area contributed by atoms with Crippen molar-refractivity contribution < 1.29 is 14.9 Å². The van der Waals surface area contributed by atoms with Crippen LogP contribution in [0.25, 0.3) is 0 Å². The largest absolute Gasteiger partial charge is 0.497 e. The van der Waals surface area contributed by atoms with Crippen LogP contribution in [0.3, 0.4) is 0 Å². The zero-order valence-corrected chi connectivity index (χ0v) is 15.5. The predicted octanol–water partition coefficient (Wildman–Crippen LogP) is 1.75. The zero-order chi connectivity index (χ0) is 18.1. The van der Waals surface area contributed by atoms with Gasteiger partial charge in [-0.2, -0.15) is 0 Å². The Hall–Kier alpha value is -1.56. The summed E-state index contributed by atoms with van der Waals surface area (Å²) < 4.78 is 5.52. The number of allylic oxidation sites excluding steroid dienone is 1. The van der Waals surface area contributed by atoms with Crippen LogP contribution < -0.4 is 10.1 Å². The molecule has 0 spiro atoms. The van der Waals surface area contributed by atoms with Gasteiger partial charge in [-0.3, -0.25) is 4.90 Å². The summed E-state index contributed by atoms with van der Waals surface area (Å²) in [6.07, 6.45) is 4.17. The fourth-order valence-electron chi connectivity index (χ4n) is 6.80. The van der Waals surface area contributed by atoms with Crippen LogP contribution in [0, 0.1) is 11.3 Å². The SMILES string of the molecule is C/C=C1/CN2CC[C@@]34c5cc(OC)ccc5N[C@@H]3[C@@H]2C[C@@H]1C4(CO)CO. The number of aliphatic hydroxyl groups is 2. The van der Waals surface area contributed by atoms with E-state index in [1.807, 2.05) is 6.07 Å². The number of hydrogen-bond donors (Lipinski definition) is 3. The fourth-order valence-corrected chi connectivity index (χ4v) is 6.80. The molecule has 5 rings (SSSR count). The summed E-state index contributed by atoms with van der Waals surface area (Å²) in [4.78, 5) is 2.60. The van der Waals surface area contributed by atoms with Gasteiger partial charge in [0.1, 0.15) is 5.75 Å². The number of nitrogens with one attached hydrogen (secondary N) is 1. The smallest absolute Gasteiger partial charge is 0.119 e. The van der Waals surface area contributed by atoms with E-state index in [-0.39, 0.29) is 30.6 Å². The molecule has 4 aliphatic rings. The van der Waals surface area contributed by atoms with Crippen LogP contribution in [0.2, 0.25) is 0 Å². The van der Waals surface area contributed by atoms with Gasteiger partial charge in [-0.1, -0.05) is 11.6 Å². The van der Waals surface area contributed by atoms with Gasteiger partial charge in [0.25, 0.3) is 0 Å². The molecule has 0 radical (unpaired) electrons. The summed E-state index contributed by atoms with van der Waals surface area (Å²) in [5.74, 6) is 1.06. The summed E-state index contributed by atoms with van der Waals surface area (Å²) in [7, 11) is 1.70. The quantitative estimate of drug-likeness (QED) is 0.720.